The second-order valence-electron chi connectivity index (χ2n) is 6.39. The van der Waals surface area contributed by atoms with E-state index < -0.39 is 0 Å². The van der Waals surface area contributed by atoms with Crippen LogP contribution in [0.5, 0.6) is 11.5 Å². The van der Waals surface area contributed by atoms with E-state index in [9.17, 15) is 4.79 Å². The summed E-state index contributed by atoms with van der Waals surface area (Å²) < 4.78 is 17.0. The van der Waals surface area contributed by atoms with Gasteiger partial charge >= 0.3 is 0 Å². The molecule has 2 aliphatic heterocycles. The minimum Gasteiger partial charge on any atom is -0.478 e. The average Bonchev–Trinajstić information content (AvgIpc) is 2.98. The zero-order chi connectivity index (χ0) is 18.1. The number of allylic oxidation sites excluding steroid dienone is 1. The monoisotopic (exact) mass is 352 g/mol. The van der Waals surface area contributed by atoms with Gasteiger partial charge in [-0.05, 0) is 30.7 Å². The summed E-state index contributed by atoms with van der Waals surface area (Å²) in [7, 11) is 1.68. The Morgan fingerprint density at radius 2 is 2.27 bits per heavy atom. The number of rotatable bonds is 4. The Balaban J connectivity index is 1.70. The highest BCUT2D eigenvalue weighted by Crippen LogP contribution is 2.43. The van der Waals surface area contributed by atoms with Crippen LogP contribution in [0.25, 0.3) is 6.08 Å². The molecule has 6 nitrogen and oxygen atoms in total. The van der Waals surface area contributed by atoms with Crippen molar-refractivity contribution in [1.82, 2.24) is 9.88 Å². The van der Waals surface area contributed by atoms with Crippen LogP contribution < -0.4 is 9.47 Å². The van der Waals surface area contributed by atoms with Gasteiger partial charge in [0.2, 0.25) is 5.78 Å². The molecule has 3 heterocycles. The number of benzene rings is 1. The van der Waals surface area contributed by atoms with Crippen molar-refractivity contribution in [2.75, 3.05) is 27.0 Å². The summed E-state index contributed by atoms with van der Waals surface area (Å²) >= 11 is 0. The number of hydrogen-bond acceptors (Lipinski definition) is 6. The Kier molecular flexibility index (Phi) is 4.44. The van der Waals surface area contributed by atoms with Crippen molar-refractivity contribution in [1.29, 1.82) is 0 Å². The third-order valence-corrected chi connectivity index (χ3v) is 4.57. The molecular weight excluding hydrogens is 332 g/mol. The molecule has 0 unspecified atom stereocenters. The smallest absolute Gasteiger partial charge is 0.232 e. The maximum absolute atomic E-state index is 12.9. The third-order valence-electron chi connectivity index (χ3n) is 4.57. The molecule has 0 atom stereocenters. The number of pyridine rings is 1. The molecule has 0 aliphatic carbocycles. The fourth-order valence-electron chi connectivity index (χ4n) is 3.24. The lowest BCUT2D eigenvalue weighted by Crippen LogP contribution is -2.34. The maximum atomic E-state index is 12.9. The lowest BCUT2D eigenvalue weighted by Gasteiger charge is -2.29. The van der Waals surface area contributed by atoms with Crippen LogP contribution in [0.3, 0.4) is 0 Å². The van der Waals surface area contributed by atoms with Crippen molar-refractivity contribution >= 4 is 11.9 Å². The maximum Gasteiger partial charge on any atom is 0.232 e. The average molecular weight is 352 g/mol. The number of methoxy groups -OCH3 is 1. The Morgan fingerprint density at radius 3 is 3.04 bits per heavy atom. The van der Waals surface area contributed by atoms with Gasteiger partial charge in [0.25, 0.3) is 0 Å². The van der Waals surface area contributed by atoms with Gasteiger partial charge in [-0.1, -0.05) is 6.07 Å². The van der Waals surface area contributed by atoms with Crippen LogP contribution in [0.4, 0.5) is 0 Å². The Labute approximate surface area is 152 Å². The Morgan fingerprint density at radius 1 is 1.38 bits per heavy atom. The molecule has 0 amide bonds. The number of aryl methyl sites for hydroxylation is 1. The molecule has 6 heteroatoms. The van der Waals surface area contributed by atoms with E-state index >= 15 is 0 Å². The van der Waals surface area contributed by atoms with Gasteiger partial charge < -0.3 is 14.2 Å². The molecule has 0 spiro atoms. The summed E-state index contributed by atoms with van der Waals surface area (Å²) in [5.74, 6) is 1.57. The van der Waals surface area contributed by atoms with Gasteiger partial charge in [0.1, 0.15) is 18.2 Å². The number of ketones is 1. The van der Waals surface area contributed by atoms with Gasteiger partial charge in [0.05, 0.1) is 23.4 Å². The van der Waals surface area contributed by atoms with E-state index in [1.165, 1.54) is 0 Å². The molecule has 2 aromatic rings. The summed E-state index contributed by atoms with van der Waals surface area (Å²) in [5.41, 5.74) is 3.07. The standard InChI is InChI=1S/C20H20N2O4/c1-13-9-16-15(11-22(12-25-16)7-8-24-2)20-18(13)19(23)17(26-20)10-14-5-3-4-6-21-14/h3-6,9-10H,7-8,11-12H2,1-2H3/b17-10-. The van der Waals surface area contributed by atoms with Crippen LogP contribution in [0.1, 0.15) is 27.2 Å². The lowest BCUT2D eigenvalue weighted by molar-refractivity contribution is 0.0646. The van der Waals surface area contributed by atoms with Crippen molar-refractivity contribution < 1.29 is 19.0 Å². The number of Topliss-reactive ketones (excluding diaryl/α,β-unsaturated/α-hetero) is 1. The molecule has 0 bridgehead atoms. The molecule has 1 aromatic carbocycles. The van der Waals surface area contributed by atoms with E-state index in [1.54, 1.807) is 19.4 Å². The largest absolute Gasteiger partial charge is 0.478 e. The Bertz CT molecular complexity index is 877. The zero-order valence-corrected chi connectivity index (χ0v) is 14.8. The second kappa shape index (κ2) is 6.90. The molecule has 2 aliphatic rings. The van der Waals surface area contributed by atoms with Gasteiger partial charge in [-0.2, -0.15) is 0 Å². The molecule has 4 rings (SSSR count). The van der Waals surface area contributed by atoms with Gasteiger partial charge in [-0.25, -0.2) is 0 Å². The summed E-state index contributed by atoms with van der Waals surface area (Å²) in [4.78, 5) is 19.2. The van der Waals surface area contributed by atoms with E-state index in [4.69, 9.17) is 14.2 Å². The van der Waals surface area contributed by atoms with Crippen LogP contribution >= 0.6 is 0 Å². The number of aromatic nitrogens is 1. The van der Waals surface area contributed by atoms with Crippen molar-refractivity contribution in [2.24, 2.45) is 0 Å². The predicted molar refractivity (Wildman–Crippen MR) is 96.1 cm³/mol. The highest BCUT2D eigenvalue weighted by atomic mass is 16.5. The van der Waals surface area contributed by atoms with Crippen molar-refractivity contribution in [2.45, 2.75) is 13.5 Å². The van der Waals surface area contributed by atoms with Gasteiger partial charge in [0, 0.05) is 32.5 Å². The molecule has 0 fully saturated rings. The number of carbonyl (C=O) groups is 1. The van der Waals surface area contributed by atoms with E-state index in [1.807, 2.05) is 31.2 Å². The Hall–Kier alpha value is -2.70. The number of nitrogens with zero attached hydrogens (tertiary/aromatic N) is 2. The van der Waals surface area contributed by atoms with Crippen LogP contribution in [-0.4, -0.2) is 42.7 Å². The highest BCUT2D eigenvalue weighted by Gasteiger charge is 2.35. The topological polar surface area (TPSA) is 60.9 Å². The predicted octanol–water partition coefficient (Wildman–Crippen LogP) is 2.80. The molecule has 0 N–H and O–H groups in total. The molecule has 1 aromatic heterocycles. The number of carbonyl (C=O) groups excluding carboxylic acids is 1. The van der Waals surface area contributed by atoms with Crippen LogP contribution in [0.2, 0.25) is 0 Å². The van der Waals surface area contributed by atoms with Gasteiger partial charge in [-0.15, -0.1) is 0 Å². The number of hydrogen-bond donors (Lipinski definition) is 0. The van der Waals surface area contributed by atoms with E-state index in [2.05, 4.69) is 9.88 Å². The first-order chi connectivity index (χ1) is 12.7. The minimum atomic E-state index is -0.111. The summed E-state index contributed by atoms with van der Waals surface area (Å²) in [6.45, 7) is 4.44. The highest BCUT2D eigenvalue weighted by molar-refractivity contribution is 6.15. The van der Waals surface area contributed by atoms with E-state index in [-0.39, 0.29) is 5.78 Å². The summed E-state index contributed by atoms with van der Waals surface area (Å²) in [5, 5.41) is 0. The summed E-state index contributed by atoms with van der Waals surface area (Å²) in [6.07, 6.45) is 3.37. The number of fused-ring (bicyclic) bond motifs is 3. The first-order valence-electron chi connectivity index (χ1n) is 8.53. The fourth-order valence-corrected chi connectivity index (χ4v) is 3.24. The first kappa shape index (κ1) is 16.8. The number of ether oxygens (including phenoxy) is 3. The first-order valence-corrected chi connectivity index (χ1v) is 8.53. The van der Waals surface area contributed by atoms with Crippen LogP contribution in [0, 0.1) is 6.92 Å². The third kappa shape index (κ3) is 2.98. The molecule has 0 saturated heterocycles. The molecule has 0 saturated carbocycles. The van der Waals surface area contributed by atoms with Crippen molar-refractivity contribution in [3.63, 3.8) is 0 Å². The fraction of sp³-hybridized carbons (Fsp3) is 0.300. The second-order valence-corrected chi connectivity index (χ2v) is 6.39. The van der Waals surface area contributed by atoms with Gasteiger partial charge in [0.15, 0.2) is 5.76 Å². The van der Waals surface area contributed by atoms with Crippen LogP contribution in [-0.2, 0) is 11.3 Å². The van der Waals surface area contributed by atoms with Crippen molar-refractivity contribution in [3.05, 3.63) is 58.6 Å². The van der Waals surface area contributed by atoms with E-state index in [0.29, 0.717) is 42.6 Å². The zero-order valence-electron chi connectivity index (χ0n) is 14.8. The lowest BCUT2D eigenvalue weighted by atomic mass is 9.99. The van der Waals surface area contributed by atoms with E-state index in [0.717, 1.165) is 23.4 Å². The quantitative estimate of drug-likeness (QED) is 0.789. The molecular formula is C20H20N2O4. The minimum absolute atomic E-state index is 0.111. The van der Waals surface area contributed by atoms with Crippen molar-refractivity contribution in [3.8, 4) is 11.5 Å². The molecule has 26 heavy (non-hydrogen) atoms. The SMILES string of the molecule is COCCN1COc2cc(C)c3c(c2C1)O/C(=C\c1ccccn1)C3=O. The summed E-state index contributed by atoms with van der Waals surface area (Å²) in [6, 6.07) is 7.47. The van der Waals surface area contributed by atoms with Crippen LogP contribution in [0.15, 0.2) is 36.2 Å². The molecule has 134 valence electrons. The van der Waals surface area contributed by atoms with Gasteiger partial charge in [-0.3, -0.25) is 14.7 Å². The molecule has 0 radical (unpaired) electrons. The normalized spacial score (nSPS) is 17.6.